The van der Waals surface area contributed by atoms with E-state index in [1.165, 1.54) is 0 Å². The molecule has 0 saturated heterocycles. The van der Waals surface area contributed by atoms with Gasteiger partial charge in [0, 0.05) is 0 Å². The summed E-state index contributed by atoms with van der Waals surface area (Å²) >= 11 is 3.22. The number of aromatic hydroxyl groups is 1. The van der Waals surface area contributed by atoms with Gasteiger partial charge >= 0.3 is 0 Å². The number of halogens is 1. The molecular formula is C9H8BrNO. The Kier molecular flexibility index (Phi) is 2.72. The zero-order valence-electron chi connectivity index (χ0n) is 6.58. The first-order chi connectivity index (χ1) is 5.66. The average Bonchev–Trinajstić information content (AvgIpc) is 2.08. The van der Waals surface area contributed by atoms with Crippen molar-refractivity contribution in [1.29, 1.82) is 5.26 Å². The summed E-state index contributed by atoms with van der Waals surface area (Å²) in [6.45, 7) is 1.79. The summed E-state index contributed by atoms with van der Waals surface area (Å²) in [6, 6.07) is 7.23. The Balaban J connectivity index is 3.18. The van der Waals surface area contributed by atoms with Gasteiger partial charge in [-0.05, 0) is 34.5 Å². The van der Waals surface area contributed by atoms with Crippen LogP contribution in [-0.4, -0.2) is 5.11 Å². The topological polar surface area (TPSA) is 44.0 Å². The fraction of sp³-hybridized carbons (Fsp3) is 0.222. The average molecular weight is 226 g/mol. The van der Waals surface area contributed by atoms with Crippen LogP contribution in [0.25, 0.3) is 0 Å². The molecule has 2 nitrogen and oxygen atoms in total. The Hall–Kier alpha value is -1.01. The van der Waals surface area contributed by atoms with Crippen molar-refractivity contribution in [2.75, 3.05) is 0 Å². The summed E-state index contributed by atoms with van der Waals surface area (Å²) in [4.78, 5) is 0. The van der Waals surface area contributed by atoms with Crippen LogP contribution < -0.4 is 0 Å². The molecule has 3 heteroatoms. The highest BCUT2D eigenvalue weighted by Gasteiger charge is 2.10. The van der Waals surface area contributed by atoms with Gasteiger partial charge in [-0.2, -0.15) is 5.26 Å². The molecule has 0 radical (unpaired) electrons. The van der Waals surface area contributed by atoms with Crippen LogP contribution >= 0.6 is 15.9 Å². The molecule has 0 amide bonds. The van der Waals surface area contributed by atoms with Crippen molar-refractivity contribution in [1.82, 2.24) is 0 Å². The fourth-order valence-corrected chi connectivity index (χ4v) is 1.55. The molecule has 0 heterocycles. The van der Waals surface area contributed by atoms with Crippen molar-refractivity contribution in [3.05, 3.63) is 28.2 Å². The van der Waals surface area contributed by atoms with Crippen molar-refractivity contribution >= 4 is 15.9 Å². The Labute approximate surface area is 79.6 Å². The summed E-state index contributed by atoms with van der Waals surface area (Å²) < 4.78 is 0.610. The maximum absolute atomic E-state index is 9.29. The molecule has 0 aliphatic carbocycles. The normalized spacial score (nSPS) is 12.1. The predicted molar refractivity (Wildman–Crippen MR) is 49.8 cm³/mol. The predicted octanol–water partition coefficient (Wildman–Crippen LogP) is 2.78. The van der Waals surface area contributed by atoms with Crippen LogP contribution in [0.1, 0.15) is 18.4 Å². The molecule has 1 atom stereocenters. The van der Waals surface area contributed by atoms with E-state index < -0.39 is 0 Å². The molecule has 0 aromatic heterocycles. The smallest absolute Gasteiger partial charge is 0.130 e. The van der Waals surface area contributed by atoms with Gasteiger partial charge in [0.2, 0.25) is 0 Å². The third-order valence-electron chi connectivity index (χ3n) is 1.67. The lowest BCUT2D eigenvalue weighted by Crippen LogP contribution is -1.90. The van der Waals surface area contributed by atoms with Crippen LogP contribution in [-0.2, 0) is 0 Å². The van der Waals surface area contributed by atoms with E-state index in [2.05, 4.69) is 22.0 Å². The van der Waals surface area contributed by atoms with Crippen molar-refractivity contribution in [2.24, 2.45) is 0 Å². The zero-order valence-corrected chi connectivity index (χ0v) is 8.17. The van der Waals surface area contributed by atoms with E-state index in [0.29, 0.717) is 4.47 Å². The number of hydrogen-bond donors (Lipinski definition) is 1. The van der Waals surface area contributed by atoms with Crippen LogP contribution in [0.4, 0.5) is 0 Å². The number of phenols is 1. The number of nitriles is 1. The van der Waals surface area contributed by atoms with E-state index in [4.69, 9.17) is 5.26 Å². The quantitative estimate of drug-likeness (QED) is 0.799. The molecule has 0 bridgehead atoms. The van der Waals surface area contributed by atoms with Gasteiger partial charge in [0.15, 0.2) is 0 Å². The standard InChI is InChI=1S/C9H8BrNO/c1-6(5-11)7-3-2-4-8(12)9(7)10/h2-4,6,12H,1H3. The third-order valence-corrected chi connectivity index (χ3v) is 2.53. The molecule has 0 fully saturated rings. The van der Waals surface area contributed by atoms with Crippen LogP contribution in [0.15, 0.2) is 22.7 Å². The van der Waals surface area contributed by atoms with Gasteiger partial charge in [-0.1, -0.05) is 12.1 Å². The molecular weight excluding hydrogens is 218 g/mol. The first-order valence-electron chi connectivity index (χ1n) is 3.53. The zero-order chi connectivity index (χ0) is 9.14. The van der Waals surface area contributed by atoms with Gasteiger partial charge in [0.05, 0.1) is 16.5 Å². The molecule has 0 saturated carbocycles. The second-order valence-electron chi connectivity index (χ2n) is 2.53. The Morgan fingerprint density at radius 1 is 1.58 bits per heavy atom. The SMILES string of the molecule is CC(C#N)c1cccc(O)c1Br. The molecule has 1 aromatic rings. The van der Waals surface area contributed by atoms with Crippen LogP contribution in [0, 0.1) is 11.3 Å². The van der Waals surface area contributed by atoms with Crippen LogP contribution in [0.5, 0.6) is 5.75 Å². The molecule has 12 heavy (non-hydrogen) atoms. The van der Waals surface area contributed by atoms with Crippen molar-refractivity contribution in [2.45, 2.75) is 12.8 Å². The molecule has 62 valence electrons. The molecule has 1 N–H and O–H groups in total. The monoisotopic (exact) mass is 225 g/mol. The van der Waals surface area contributed by atoms with Gasteiger partial charge in [-0.25, -0.2) is 0 Å². The summed E-state index contributed by atoms with van der Waals surface area (Å²) in [6.07, 6.45) is 0. The number of benzene rings is 1. The number of rotatable bonds is 1. The van der Waals surface area contributed by atoms with E-state index in [1.54, 1.807) is 19.1 Å². The lowest BCUT2D eigenvalue weighted by atomic mass is 10.0. The van der Waals surface area contributed by atoms with E-state index in [9.17, 15) is 5.11 Å². The summed E-state index contributed by atoms with van der Waals surface area (Å²) in [5, 5.41) is 17.9. The van der Waals surface area contributed by atoms with Gasteiger partial charge < -0.3 is 5.11 Å². The van der Waals surface area contributed by atoms with Crippen molar-refractivity contribution in [3.63, 3.8) is 0 Å². The first kappa shape index (κ1) is 9.08. The van der Waals surface area contributed by atoms with Crippen LogP contribution in [0.2, 0.25) is 0 Å². The Morgan fingerprint density at radius 3 is 2.83 bits per heavy atom. The molecule has 1 unspecified atom stereocenters. The Bertz CT molecular complexity index is 330. The Morgan fingerprint density at radius 2 is 2.25 bits per heavy atom. The van der Waals surface area contributed by atoms with Gasteiger partial charge in [0.1, 0.15) is 5.75 Å². The van der Waals surface area contributed by atoms with Gasteiger partial charge in [-0.15, -0.1) is 0 Å². The number of nitrogens with zero attached hydrogens (tertiary/aromatic N) is 1. The maximum atomic E-state index is 9.29. The summed E-state index contributed by atoms with van der Waals surface area (Å²) in [5.41, 5.74) is 0.817. The molecule has 0 spiro atoms. The largest absolute Gasteiger partial charge is 0.507 e. The number of hydrogen-bond acceptors (Lipinski definition) is 2. The van der Waals surface area contributed by atoms with E-state index >= 15 is 0 Å². The third kappa shape index (κ3) is 1.59. The van der Waals surface area contributed by atoms with Gasteiger partial charge in [-0.3, -0.25) is 0 Å². The highest BCUT2D eigenvalue weighted by molar-refractivity contribution is 9.10. The van der Waals surface area contributed by atoms with E-state index in [-0.39, 0.29) is 11.7 Å². The molecule has 0 aliphatic heterocycles. The van der Waals surface area contributed by atoms with Crippen molar-refractivity contribution < 1.29 is 5.11 Å². The summed E-state index contributed by atoms with van der Waals surface area (Å²) in [5.74, 6) is -0.0268. The summed E-state index contributed by atoms with van der Waals surface area (Å²) in [7, 11) is 0. The first-order valence-corrected chi connectivity index (χ1v) is 4.33. The minimum absolute atomic E-state index is 0.176. The maximum Gasteiger partial charge on any atom is 0.130 e. The van der Waals surface area contributed by atoms with Crippen LogP contribution in [0.3, 0.4) is 0 Å². The second-order valence-corrected chi connectivity index (χ2v) is 3.32. The van der Waals surface area contributed by atoms with Gasteiger partial charge in [0.25, 0.3) is 0 Å². The van der Waals surface area contributed by atoms with E-state index in [0.717, 1.165) is 5.56 Å². The fourth-order valence-electron chi connectivity index (χ4n) is 0.941. The molecule has 0 aliphatic rings. The molecule has 1 rings (SSSR count). The molecule has 1 aromatic carbocycles. The van der Waals surface area contributed by atoms with Crippen molar-refractivity contribution in [3.8, 4) is 11.8 Å². The van der Waals surface area contributed by atoms with E-state index in [1.807, 2.05) is 6.07 Å². The highest BCUT2D eigenvalue weighted by atomic mass is 79.9. The lowest BCUT2D eigenvalue weighted by Gasteiger charge is -2.06. The lowest BCUT2D eigenvalue weighted by molar-refractivity contribution is 0.471. The number of phenolic OH excluding ortho intramolecular Hbond substituents is 1. The highest BCUT2D eigenvalue weighted by Crippen LogP contribution is 2.31. The second kappa shape index (κ2) is 3.59. The minimum atomic E-state index is -0.202. The minimum Gasteiger partial charge on any atom is -0.507 e.